The highest BCUT2D eigenvalue weighted by Gasteiger charge is 2.39. The van der Waals surface area contributed by atoms with Gasteiger partial charge in [-0.1, -0.05) is 11.3 Å². The number of ether oxygens (including phenoxy) is 2. The molecule has 0 bridgehead atoms. The summed E-state index contributed by atoms with van der Waals surface area (Å²) in [6, 6.07) is 9.38. The lowest BCUT2D eigenvalue weighted by atomic mass is 10.2. The van der Waals surface area contributed by atoms with Crippen LogP contribution < -0.4 is 9.54 Å². The maximum atomic E-state index is 13.3. The number of nitrogens with zero attached hydrogens (tertiary/aromatic N) is 3. The van der Waals surface area contributed by atoms with E-state index in [-0.39, 0.29) is 11.4 Å². The minimum atomic E-state index is -3.96. The number of carbonyl (C=O) groups is 1. The van der Waals surface area contributed by atoms with Crippen LogP contribution in [0.5, 0.6) is 5.75 Å². The number of fused-ring (bicyclic) bond motifs is 1. The Morgan fingerprint density at radius 2 is 2.00 bits per heavy atom. The maximum Gasteiger partial charge on any atom is 0.266 e. The number of rotatable bonds is 8. The van der Waals surface area contributed by atoms with E-state index in [4.69, 9.17) is 9.47 Å². The Hall–Kier alpha value is -2.60. The van der Waals surface area contributed by atoms with Crippen molar-refractivity contribution >= 4 is 37.5 Å². The van der Waals surface area contributed by atoms with E-state index in [1.807, 2.05) is 29.7 Å². The van der Waals surface area contributed by atoms with Crippen molar-refractivity contribution in [2.24, 2.45) is 4.99 Å². The van der Waals surface area contributed by atoms with Crippen LogP contribution in [-0.4, -0.2) is 56.1 Å². The van der Waals surface area contributed by atoms with Crippen LogP contribution in [0.4, 0.5) is 4.39 Å². The summed E-state index contributed by atoms with van der Waals surface area (Å²) in [5.41, 5.74) is 0.888. The Bertz CT molecular complexity index is 1350. The number of aromatic nitrogens is 1. The van der Waals surface area contributed by atoms with Gasteiger partial charge in [0.15, 0.2) is 4.80 Å². The molecule has 0 spiro atoms. The number of hydrogen-bond donors (Lipinski definition) is 0. The smallest absolute Gasteiger partial charge is 0.266 e. The molecule has 3 aromatic rings. The molecule has 182 valence electrons. The molecule has 0 saturated carbocycles. The van der Waals surface area contributed by atoms with E-state index in [1.54, 1.807) is 7.11 Å². The Balaban J connectivity index is 1.70. The SMILES string of the molecule is CCOc1ccc2c(c1)sc(=NC(=O)C1CCCN1S(=O)(=O)c1ccc(F)cc1)n2CCOC. The summed E-state index contributed by atoms with van der Waals surface area (Å²) in [4.78, 5) is 18.0. The molecule has 1 amide bonds. The molecule has 1 fully saturated rings. The third-order valence-electron chi connectivity index (χ3n) is 5.60. The van der Waals surface area contributed by atoms with Crippen LogP contribution in [0.15, 0.2) is 52.4 Å². The van der Waals surface area contributed by atoms with Crippen LogP contribution in [0.25, 0.3) is 10.2 Å². The van der Waals surface area contributed by atoms with Gasteiger partial charge in [-0.2, -0.15) is 9.30 Å². The van der Waals surface area contributed by atoms with E-state index in [9.17, 15) is 17.6 Å². The first kappa shape index (κ1) is 24.5. The number of benzene rings is 2. The van der Waals surface area contributed by atoms with E-state index in [2.05, 4.69) is 4.99 Å². The van der Waals surface area contributed by atoms with Gasteiger partial charge in [-0.3, -0.25) is 4.79 Å². The lowest BCUT2D eigenvalue weighted by molar-refractivity contribution is -0.121. The molecule has 1 aromatic heterocycles. The van der Waals surface area contributed by atoms with Gasteiger partial charge in [0.2, 0.25) is 10.0 Å². The normalized spacial score (nSPS) is 17.5. The highest BCUT2D eigenvalue weighted by Crippen LogP contribution is 2.28. The molecule has 2 heterocycles. The van der Waals surface area contributed by atoms with Crippen LogP contribution in [0.1, 0.15) is 19.8 Å². The first-order chi connectivity index (χ1) is 16.3. The lowest BCUT2D eigenvalue weighted by Gasteiger charge is -2.21. The number of halogens is 1. The van der Waals surface area contributed by atoms with Crippen molar-refractivity contribution in [3.63, 3.8) is 0 Å². The minimum Gasteiger partial charge on any atom is -0.494 e. The number of carbonyl (C=O) groups excluding carboxylic acids is 1. The number of sulfonamides is 1. The Kier molecular flexibility index (Phi) is 7.46. The summed E-state index contributed by atoms with van der Waals surface area (Å²) in [6.45, 7) is 3.56. The summed E-state index contributed by atoms with van der Waals surface area (Å²) in [5.74, 6) is -0.327. The van der Waals surface area contributed by atoms with Crippen molar-refractivity contribution in [2.75, 3.05) is 26.9 Å². The molecule has 1 unspecified atom stereocenters. The van der Waals surface area contributed by atoms with E-state index in [0.29, 0.717) is 37.4 Å². The second-order valence-electron chi connectivity index (χ2n) is 7.77. The summed E-state index contributed by atoms with van der Waals surface area (Å²) >= 11 is 1.34. The third-order valence-corrected chi connectivity index (χ3v) is 8.56. The Morgan fingerprint density at radius 3 is 2.71 bits per heavy atom. The quantitative estimate of drug-likeness (QED) is 0.467. The molecular formula is C23H26FN3O5S2. The molecule has 2 aromatic carbocycles. The molecule has 0 N–H and O–H groups in total. The summed E-state index contributed by atoms with van der Waals surface area (Å²) in [7, 11) is -2.36. The van der Waals surface area contributed by atoms with Gasteiger partial charge in [0, 0.05) is 20.2 Å². The molecule has 0 radical (unpaired) electrons. The van der Waals surface area contributed by atoms with Gasteiger partial charge in [-0.15, -0.1) is 0 Å². The fraction of sp³-hybridized carbons (Fsp3) is 0.391. The van der Waals surface area contributed by atoms with Crippen molar-refractivity contribution in [1.82, 2.24) is 8.87 Å². The minimum absolute atomic E-state index is 0.0472. The average Bonchev–Trinajstić information content (AvgIpc) is 3.43. The monoisotopic (exact) mass is 507 g/mol. The van der Waals surface area contributed by atoms with Crippen LogP contribution in [0.3, 0.4) is 0 Å². The zero-order chi connectivity index (χ0) is 24.3. The maximum absolute atomic E-state index is 13.3. The number of methoxy groups -OCH3 is 1. The molecule has 1 aliphatic rings. The Morgan fingerprint density at radius 1 is 1.24 bits per heavy atom. The highest BCUT2D eigenvalue weighted by molar-refractivity contribution is 7.89. The van der Waals surface area contributed by atoms with Crippen molar-refractivity contribution in [3.05, 3.63) is 53.1 Å². The van der Waals surface area contributed by atoms with Crippen LogP contribution in [0, 0.1) is 5.82 Å². The van der Waals surface area contributed by atoms with Crippen LogP contribution >= 0.6 is 11.3 Å². The first-order valence-electron chi connectivity index (χ1n) is 11.0. The Labute approximate surface area is 201 Å². The van der Waals surface area contributed by atoms with Gasteiger partial charge < -0.3 is 14.0 Å². The molecule has 1 aliphatic heterocycles. The average molecular weight is 508 g/mol. The molecule has 34 heavy (non-hydrogen) atoms. The summed E-state index contributed by atoms with van der Waals surface area (Å²) in [5, 5.41) is 0. The molecule has 1 atom stereocenters. The van der Waals surface area contributed by atoms with Gasteiger partial charge in [-0.05, 0) is 62.2 Å². The highest BCUT2D eigenvalue weighted by atomic mass is 32.2. The predicted molar refractivity (Wildman–Crippen MR) is 127 cm³/mol. The van der Waals surface area contributed by atoms with Gasteiger partial charge >= 0.3 is 0 Å². The van der Waals surface area contributed by atoms with Gasteiger partial charge in [0.1, 0.15) is 17.6 Å². The molecule has 0 aliphatic carbocycles. The van der Waals surface area contributed by atoms with E-state index < -0.39 is 27.8 Å². The second-order valence-corrected chi connectivity index (χ2v) is 10.7. The zero-order valence-electron chi connectivity index (χ0n) is 18.9. The number of amides is 1. The summed E-state index contributed by atoms with van der Waals surface area (Å²) in [6.07, 6.45) is 0.917. The second kappa shape index (κ2) is 10.3. The molecule has 4 rings (SSSR count). The van der Waals surface area contributed by atoms with Crippen molar-refractivity contribution < 1.29 is 27.1 Å². The molecule has 8 nitrogen and oxygen atoms in total. The summed E-state index contributed by atoms with van der Waals surface area (Å²) < 4.78 is 54.3. The van der Waals surface area contributed by atoms with Gasteiger partial charge in [-0.25, -0.2) is 12.8 Å². The standard InChI is InChI=1S/C23H26FN3O5S2/c1-3-32-17-8-11-19-21(15-17)33-23(26(19)13-14-31-2)25-22(28)20-5-4-12-27(20)34(29,30)18-9-6-16(24)7-10-18/h6-11,15,20H,3-5,12-14H2,1-2H3. The number of thiazole rings is 1. The van der Waals surface area contributed by atoms with Gasteiger partial charge in [0.05, 0.1) is 28.3 Å². The van der Waals surface area contributed by atoms with Crippen LogP contribution in [0.2, 0.25) is 0 Å². The van der Waals surface area contributed by atoms with Crippen molar-refractivity contribution in [2.45, 2.75) is 37.2 Å². The van der Waals surface area contributed by atoms with Gasteiger partial charge in [0.25, 0.3) is 5.91 Å². The van der Waals surface area contributed by atoms with Crippen molar-refractivity contribution in [3.8, 4) is 5.75 Å². The topological polar surface area (TPSA) is 90.2 Å². The van der Waals surface area contributed by atoms with Crippen molar-refractivity contribution in [1.29, 1.82) is 0 Å². The third kappa shape index (κ3) is 4.92. The first-order valence-corrected chi connectivity index (χ1v) is 13.2. The fourth-order valence-corrected chi connectivity index (χ4v) is 6.72. The number of hydrogen-bond acceptors (Lipinski definition) is 6. The predicted octanol–water partition coefficient (Wildman–Crippen LogP) is 3.17. The zero-order valence-corrected chi connectivity index (χ0v) is 20.6. The van der Waals surface area contributed by atoms with Crippen LogP contribution in [-0.2, 0) is 26.1 Å². The van der Waals surface area contributed by atoms with E-state index in [0.717, 1.165) is 28.1 Å². The largest absolute Gasteiger partial charge is 0.494 e. The fourth-order valence-electron chi connectivity index (χ4n) is 3.98. The molecule has 11 heteroatoms. The van der Waals surface area contributed by atoms with E-state index in [1.165, 1.54) is 27.8 Å². The lowest BCUT2D eigenvalue weighted by Crippen LogP contribution is -2.40. The molecule has 1 saturated heterocycles. The molecular weight excluding hydrogens is 481 g/mol. The van der Waals surface area contributed by atoms with E-state index >= 15 is 0 Å².